The average molecular weight is 432 g/mol. The lowest BCUT2D eigenvalue weighted by Gasteiger charge is -2.48. The molecule has 3 aromatic rings. The number of benzene rings is 2. The lowest BCUT2D eigenvalue weighted by Crippen LogP contribution is -2.52. The lowest BCUT2D eigenvalue weighted by molar-refractivity contribution is -0.190. The van der Waals surface area contributed by atoms with Gasteiger partial charge in [-0.2, -0.15) is 0 Å². The fourth-order valence-corrected chi connectivity index (χ4v) is 5.14. The molecule has 3 heterocycles. The van der Waals surface area contributed by atoms with E-state index in [1.807, 2.05) is 36.1 Å². The highest BCUT2D eigenvalue weighted by Gasteiger charge is 2.45. The number of piperidine rings is 1. The van der Waals surface area contributed by atoms with E-state index in [-0.39, 0.29) is 23.7 Å². The maximum absolute atomic E-state index is 13.3. The number of hydrogen-bond donors (Lipinski definition) is 0. The molecule has 2 aliphatic rings. The van der Waals surface area contributed by atoms with E-state index in [0.717, 1.165) is 31.2 Å². The number of carbonyl (C=O) groups is 1. The number of likely N-dealkylation sites (tertiary alicyclic amines) is 1. The molecule has 2 aromatic carbocycles. The zero-order chi connectivity index (χ0) is 22.0. The van der Waals surface area contributed by atoms with Crippen LogP contribution < -0.4 is 0 Å². The Morgan fingerprint density at radius 3 is 2.66 bits per heavy atom. The van der Waals surface area contributed by atoms with Gasteiger partial charge in [0.15, 0.2) is 0 Å². The van der Waals surface area contributed by atoms with E-state index in [1.165, 1.54) is 5.56 Å². The third-order valence-electron chi connectivity index (χ3n) is 6.73. The van der Waals surface area contributed by atoms with E-state index in [0.29, 0.717) is 30.8 Å². The first kappa shape index (κ1) is 21.0. The number of ether oxygens (including phenoxy) is 2. The molecule has 32 heavy (non-hydrogen) atoms. The first-order valence-electron chi connectivity index (χ1n) is 11.5. The quantitative estimate of drug-likeness (QED) is 0.606. The molecule has 2 aliphatic heterocycles. The summed E-state index contributed by atoms with van der Waals surface area (Å²) in [7, 11) is 0. The Balaban J connectivity index is 1.33. The summed E-state index contributed by atoms with van der Waals surface area (Å²) in [6.45, 7) is 4.08. The number of amides is 1. The fourth-order valence-electron chi connectivity index (χ4n) is 5.14. The minimum atomic E-state index is -0.256. The molecule has 6 heteroatoms. The monoisotopic (exact) mass is 431 g/mol. The number of para-hydroxylation sites is 1. The van der Waals surface area contributed by atoms with E-state index in [1.54, 1.807) is 12.4 Å². The molecule has 6 nitrogen and oxygen atoms in total. The van der Waals surface area contributed by atoms with Gasteiger partial charge < -0.3 is 14.4 Å². The van der Waals surface area contributed by atoms with Gasteiger partial charge in [0.2, 0.25) is 0 Å². The summed E-state index contributed by atoms with van der Waals surface area (Å²) in [4.78, 5) is 24.0. The second kappa shape index (κ2) is 8.96. The molecule has 0 N–H and O–H groups in total. The van der Waals surface area contributed by atoms with Crippen LogP contribution in [-0.4, -0.2) is 52.2 Å². The van der Waals surface area contributed by atoms with E-state index >= 15 is 0 Å². The summed E-state index contributed by atoms with van der Waals surface area (Å²) in [5.74, 6) is 0.0164. The number of hydrogen-bond acceptors (Lipinski definition) is 5. The molecule has 0 saturated carbocycles. The molecular weight excluding hydrogens is 402 g/mol. The van der Waals surface area contributed by atoms with Crippen molar-refractivity contribution in [2.75, 3.05) is 19.7 Å². The van der Waals surface area contributed by atoms with Gasteiger partial charge in [0.1, 0.15) is 5.52 Å². The number of fused-ring (bicyclic) bond motifs is 1. The van der Waals surface area contributed by atoms with Crippen molar-refractivity contribution >= 4 is 16.9 Å². The predicted molar refractivity (Wildman–Crippen MR) is 122 cm³/mol. The third kappa shape index (κ3) is 4.12. The van der Waals surface area contributed by atoms with Crippen LogP contribution in [0.2, 0.25) is 0 Å². The van der Waals surface area contributed by atoms with E-state index in [2.05, 4.69) is 34.2 Å². The van der Waals surface area contributed by atoms with Gasteiger partial charge in [-0.3, -0.25) is 14.8 Å². The van der Waals surface area contributed by atoms with Crippen molar-refractivity contribution < 1.29 is 14.3 Å². The highest BCUT2D eigenvalue weighted by atomic mass is 16.5. The molecule has 1 aromatic heterocycles. The zero-order valence-corrected chi connectivity index (χ0v) is 18.4. The van der Waals surface area contributed by atoms with Crippen LogP contribution in [0.5, 0.6) is 0 Å². The van der Waals surface area contributed by atoms with Crippen molar-refractivity contribution in [1.29, 1.82) is 0 Å². The minimum absolute atomic E-state index is 0.0164. The van der Waals surface area contributed by atoms with Crippen molar-refractivity contribution in [3.63, 3.8) is 0 Å². The Bertz CT molecular complexity index is 1070. The largest absolute Gasteiger partial charge is 0.378 e. The van der Waals surface area contributed by atoms with Gasteiger partial charge in [-0.1, -0.05) is 36.4 Å². The van der Waals surface area contributed by atoms with Crippen LogP contribution in [-0.2, 0) is 9.47 Å². The van der Waals surface area contributed by atoms with Crippen LogP contribution in [0.15, 0.2) is 60.9 Å². The average Bonchev–Trinajstić information content (AvgIpc) is 2.84. The number of nitrogens with zero attached hydrogens (tertiary/aromatic N) is 3. The number of aromatic nitrogens is 2. The molecule has 1 amide bonds. The van der Waals surface area contributed by atoms with Crippen LogP contribution in [0.1, 0.15) is 54.6 Å². The summed E-state index contributed by atoms with van der Waals surface area (Å²) in [5.41, 5.74) is 2.96. The lowest BCUT2D eigenvalue weighted by atomic mass is 9.80. The van der Waals surface area contributed by atoms with E-state index in [9.17, 15) is 4.79 Å². The molecule has 166 valence electrons. The molecule has 2 fully saturated rings. The topological polar surface area (TPSA) is 64.6 Å². The van der Waals surface area contributed by atoms with E-state index in [4.69, 9.17) is 9.47 Å². The van der Waals surface area contributed by atoms with Crippen molar-refractivity contribution in [3.8, 4) is 0 Å². The van der Waals surface area contributed by atoms with Gasteiger partial charge in [-0.15, -0.1) is 0 Å². The number of carbonyl (C=O) groups excluding carboxylic acids is 1. The molecule has 2 saturated heterocycles. The molecule has 0 radical (unpaired) electrons. The molecular formula is C26H29N3O3. The molecule has 2 atom stereocenters. The van der Waals surface area contributed by atoms with Crippen LogP contribution in [0.4, 0.5) is 0 Å². The highest BCUT2D eigenvalue weighted by Crippen LogP contribution is 2.44. The Morgan fingerprint density at radius 2 is 1.88 bits per heavy atom. The normalized spacial score (nSPS) is 22.8. The highest BCUT2D eigenvalue weighted by molar-refractivity contribution is 6.04. The van der Waals surface area contributed by atoms with Crippen molar-refractivity contribution in [1.82, 2.24) is 14.9 Å². The third-order valence-corrected chi connectivity index (χ3v) is 6.73. The maximum Gasteiger partial charge on any atom is 0.256 e. The summed E-state index contributed by atoms with van der Waals surface area (Å²) >= 11 is 0. The minimum Gasteiger partial charge on any atom is -0.378 e. The van der Waals surface area contributed by atoms with Crippen molar-refractivity contribution in [2.24, 2.45) is 0 Å². The van der Waals surface area contributed by atoms with Gasteiger partial charge in [0.25, 0.3) is 5.91 Å². The first-order chi connectivity index (χ1) is 15.7. The maximum atomic E-state index is 13.3. The second-order valence-electron chi connectivity index (χ2n) is 8.74. The van der Waals surface area contributed by atoms with Crippen molar-refractivity contribution in [2.45, 2.75) is 50.4 Å². The van der Waals surface area contributed by atoms with Gasteiger partial charge in [0, 0.05) is 44.9 Å². The molecule has 5 rings (SSSR count). The first-order valence-corrected chi connectivity index (χ1v) is 11.5. The van der Waals surface area contributed by atoms with Crippen LogP contribution >= 0.6 is 0 Å². The second-order valence-corrected chi connectivity index (χ2v) is 8.74. The SMILES string of the molecule is CCOC1CC(c2ccccc2)OC2(CCN(C(=O)c3cccc4nccnc34)CC2)C1. The smallest absolute Gasteiger partial charge is 0.256 e. The standard InChI is InChI=1S/C26H29N3O3/c1-2-31-20-17-23(19-7-4-3-5-8-19)32-26(18-20)11-15-29(16-12-26)25(30)21-9-6-10-22-24(21)28-14-13-27-22/h3-10,13-14,20,23H,2,11-12,15-18H2,1H3. The van der Waals surface area contributed by atoms with Crippen molar-refractivity contribution in [3.05, 3.63) is 72.1 Å². The molecule has 0 aliphatic carbocycles. The van der Waals surface area contributed by atoms with E-state index < -0.39 is 0 Å². The van der Waals surface area contributed by atoms with Crippen LogP contribution in [0.3, 0.4) is 0 Å². The van der Waals surface area contributed by atoms with Gasteiger partial charge in [-0.05, 0) is 37.5 Å². The molecule has 1 spiro atoms. The van der Waals surface area contributed by atoms with Gasteiger partial charge in [0.05, 0.1) is 28.9 Å². The Hall–Kier alpha value is -2.83. The molecule has 2 unspecified atom stereocenters. The molecule has 0 bridgehead atoms. The predicted octanol–water partition coefficient (Wildman–Crippen LogP) is 4.56. The summed E-state index contributed by atoms with van der Waals surface area (Å²) in [6, 6.07) is 16.0. The van der Waals surface area contributed by atoms with Crippen LogP contribution in [0.25, 0.3) is 11.0 Å². The van der Waals surface area contributed by atoms with Gasteiger partial charge >= 0.3 is 0 Å². The Kier molecular flexibility index (Phi) is 5.89. The number of rotatable bonds is 4. The fraction of sp³-hybridized carbons (Fsp3) is 0.423. The zero-order valence-electron chi connectivity index (χ0n) is 18.4. The Labute approximate surface area is 188 Å². The summed E-state index contributed by atoms with van der Waals surface area (Å²) in [5, 5.41) is 0. The van der Waals surface area contributed by atoms with Crippen LogP contribution in [0, 0.1) is 0 Å². The van der Waals surface area contributed by atoms with Gasteiger partial charge in [-0.25, -0.2) is 0 Å². The summed E-state index contributed by atoms with van der Waals surface area (Å²) < 4.78 is 12.8. The Morgan fingerprint density at radius 1 is 1.09 bits per heavy atom. The summed E-state index contributed by atoms with van der Waals surface area (Å²) in [6.07, 6.45) is 6.86.